The third-order valence-electron chi connectivity index (χ3n) is 5.34. The average Bonchev–Trinajstić information content (AvgIpc) is 2.90. The first-order chi connectivity index (χ1) is 17.9. The number of rotatable bonds is 15. The summed E-state index contributed by atoms with van der Waals surface area (Å²) in [6.45, 7) is 5.74. The van der Waals surface area contributed by atoms with Crippen LogP contribution >= 0.6 is 0 Å². The van der Waals surface area contributed by atoms with Crippen molar-refractivity contribution < 1.29 is 38.4 Å². The second-order valence-electron chi connectivity index (χ2n) is 7.95. The summed E-state index contributed by atoms with van der Waals surface area (Å²) in [6.07, 6.45) is 2.81. The number of carbonyl (C=O) groups excluding carboxylic acids is 3. The number of hydrogen-bond donors (Lipinski definition) is 1. The Hall–Kier alpha value is -3.45. The van der Waals surface area contributed by atoms with E-state index in [-0.39, 0.29) is 30.7 Å². The number of hydroxylamine groups is 1. The molecule has 0 saturated heterocycles. The molecule has 0 radical (unpaired) electrons. The van der Waals surface area contributed by atoms with Crippen molar-refractivity contribution in [1.29, 1.82) is 0 Å². The Bertz CT molecular complexity index is 1080. The third-order valence-corrected chi connectivity index (χ3v) is 5.34. The maximum absolute atomic E-state index is 12.8. The standard InChI is InChI=1S/C19H20N2O6.C6H13NO3/c1-2-7-26-9-10-27-8-6-20-18(22)15-5-3-4-13-11-14(21(24)25)12-16(17(13)15)19(20)23;1-3-4-6(9-2)10-7-5-8/h3-5,11-12H,2,6-10H2,1H3;5-6H,3-4H2,1-2H3,(H,7,8). The van der Waals surface area contributed by atoms with Gasteiger partial charge in [-0.15, -0.1) is 0 Å². The van der Waals surface area contributed by atoms with Crippen LogP contribution in [0.15, 0.2) is 30.3 Å². The summed E-state index contributed by atoms with van der Waals surface area (Å²) in [7, 11) is 1.53. The maximum Gasteiger partial charge on any atom is 0.270 e. The normalized spacial score (nSPS) is 13.2. The van der Waals surface area contributed by atoms with Crippen LogP contribution in [0.2, 0.25) is 0 Å². The molecule has 0 saturated carbocycles. The molecule has 37 heavy (non-hydrogen) atoms. The minimum absolute atomic E-state index is 0.0734. The van der Waals surface area contributed by atoms with E-state index in [0.717, 1.165) is 24.2 Å². The van der Waals surface area contributed by atoms with E-state index in [1.54, 1.807) is 18.2 Å². The molecule has 0 aliphatic carbocycles. The molecular formula is C25H33N3O9. The quantitative estimate of drug-likeness (QED) is 0.0935. The fourth-order valence-corrected chi connectivity index (χ4v) is 3.64. The molecule has 12 heteroatoms. The smallest absolute Gasteiger partial charge is 0.270 e. The highest BCUT2D eigenvalue weighted by molar-refractivity contribution is 6.25. The lowest BCUT2D eigenvalue weighted by molar-refractivity contribution is -0.384. The van der Waals surface area contributed by atoms with Gasteiger partial charge in [-0.3, -0.25) is 29.4 Å². The predicted octanol–water partition coefficient (Wildman–Crippen LogP) is 3.22. The molecule has 2 aromatic rings. The van der Waals surface area contributed by atoms with Crippen LogP contribution in [0, 0.1) is 10.1 Å². The van der Waals surface area contributed by atoms with Crippen LogP contribution in [0.1, 0.15) is 53.8 Å². The number of hydrogen-bond acceptors (Lipinski definition) is 9. The maximum atomic E-state index is 12.8. The average molecular weight is 520 g/mol. The highest BCUT2D eigenvalue weighted by atomic mass is 16.8. The van der Waals surface area contributed by atoms with Crippen molar-refractivity contribution in [2.24, 2.45) is 0 Å². The van der Waals surface area contributed by atoms with E-state index in [1.807, 2.05) is 13.8 Å². The summed E-state index contributed by atoms with van der Waals surface area (Å²) in [6, 6.07) is 7.54. The molecule has 1 aliphatic rings. The van der Waals surface area contributed by atoms with Crippen LogP contribution < -0.4 is 5.48 Å². The molecule has 1 aliphatic heterocycles. The molecule has 1 unspecified atom stereocenters. The van der Waals surface area contributed by atoms with E-state index in [4.69, 9.17) is 19.0 Å². The molecule has 0 spiro atoms. The van der Waals surface area contributed by atoms with E-state index in [1.165, 1.54) is 19.2 Å². The van der Waals surface area contributed by atoms with Crippen molar-refractivity contribution in [2.45, 2.75) is 39.4 Å². The first-order valence-corrected chi connectivity index (χ1v) is 12.0. The lowest BCUT2D eigenvalue weighted by Gasteiger charge is -2.27. The van der Waals surface area contributed by atoms with Gasteiger partial charge in [-0.2, -0.15) is 0 Å². The van der Waals surface area contributed by atoms with Crippen LogP contribution in [-0.2, 0) is 23.8 Å². The highest BCUT2D eigenvalue weighted by Crippen LogP contribution is 2.33. The minimum atomic E-state index is -0.546. The van der Waals surface area contributed by atoms with Gasteiger partial charge in [0.15, 0.2) is 6.29 Å². The number of nitro benzene ring substituents is 1. The number of amides is 3. The Kier molecular flexibility index (Phi) is 12.6. The van der Waals surface area contributed by atoms with Gasteiger partial charge in [-0.25, -0.2) is 10.3 Å². The van der Waals surface area contributed by atoms with Gasteiger partial charge in [-0.1, -0.05) is 32.4 Å². The van der Waals surface area contributed by atoms with Gasteiger partial charge in [0.25, 0.3) is 17.5 Å². The van der Waals surface area contributed by atoms with Crippen molar-refractivity contribution in [3.8, 4) is 0 Å². The van der Waals surface area contributed by atoms with Crippen molar-refractivity contribution in [3.63, 3.8) is 0 Å². The molecule has 202 valence electrons. The van der Waals surface area contributed by atoms with Crippen molar-refractivity contribution in [1.82, 2.24) is 10.4 Å². The number of nitrogens with zero attached hydrogens (tertiary/aromatic N) is 2. The van der Waals surface area contributed by atoms with Gasteiger partial charge in [0.2, 0.25) is 6.41 Å². The minimum Gasteiger partial charge on any atom is -0.379 e. The first kappa shape index (κ1) is 29.8. The lowest BCUT2D eigenvalue weighted by atomic mass is 9.93. The summed E-state index contributed by atoms with van der Waals surface area (Å²) >= 11 is 0. The number of nitrogens with one attached hydrogen (secondary N) is 1. The number of methoxy groups -OCH3 is 1. The summed E-state index contributed by atoms with van der Waals surface area (Å²) in [5, 5.41) is 12.1. The number of nitro groups is 1. The lowest BCUT2D eigenvalue weighted by Crippen LogP contribution is -2.42. The third kappa shape index (κ3) is 8.29. The number of benzene rings is 2. The van der Waals surface area contributed by atoms with Crippen LogP contribution in [0.5, 0.6) is 0 Å². The van der Waals surface area contributed by atoms with Gasteiger partial charge in [-0.05, 0) is 17.9 Å². The fourth-order valence-electron chi connectivity index (χ4n) is 3.64. The second-order valence-corrected chi connectivity index (χ2v) is 7.95. The van der Waals surface area contributed by atoms with Gasteiger partial charge >= 0.3 is 0 Å². The molecule has 0 bridgehead atoms. The van der Waals surface area contributed by atoms with E-state index < -0.39 is 16.7 Å². The van der Waals surface area contributed by atoms with E-state index in [2.05, 4.69) is 5.48 Å². The monoisotopic (exact) mass is 519 g/mol. The van der Waals surface area contributed by atoms with Crippen LogP contribution in [0.25, 0.3) is 10.8 Å². The topological polar surface area (TPSA) is 147 Å². The van der Waals surface area contributed by atoms with Crippen molar-refractivity contribution in [3.05, 3.63) is 51.6 Å². The van der Waals surface area contributed by atoms with Gasteiger partial charge in [0.05, 0.1) is 36.9 Å². The molecule has 1 heterocycles. The van der Waals surface area contributed by atoms with Crippen LogP contribution in [-0.4, -0.2) is 74.4 Å². The molecular weight excluding hydrogens is 486 g/mol. The zero-order valence-electron chi connectivity index (χ0n) is 21.3. The first-order valence-electron chi connectivity index (χ1n) is 12.0. The van der Waals surface area contributed by atoms with Crippen molar-refractivity contribution in [2.75, 3.05) is 40.1 Å². The number of non-ortho nitro benzene ring substituents is 1. The SMILES string of the molecule is CCCC(OC)ONC=O.CCCOCCOCCN1C(=O)c2cccc3cc([N+](=O)[O-])cc(c23)C1=O. The summed E-state index contributed by atoms with van der Waals surface area (Å²) < 4.78 is 15.6. The Morgan fingerprint density at radius 1 is 1.03 bits per heavy atom. The Balaban J connectivity index is 0.000000410. The summed E-state index contributed by atoms with van der Waals surface area (Å²) in [5.41, 5.74) is 2.43. The molecule has 3 amide bonds. The molecule has 1 N–H and O–H groups in total. The largest absolute Gasteiger partial charge is 0.379 e. The van der Waals surface area contributed by atoms with Gasteiger partial charge in [0.1, 0.15) is 0 Å². The Morgan fingerprint density at radius 3 is 2.35 bits per heavy atom. The fraction of sp³-hybridized carbons (Fsp3) is 0.480. The van der Waals surface area contributed by atoms with Crippen LogP contribution in [0.3, 0.4) is 0 Å². The van der Waals surface area contributed by atoms with E-state index in [9.17, 15) is 24.5 Å². The summed E-state index contributed by atoms with van der Waals surface area (Å²) in [4.78, 5) is 51.7. The molecule has 2 aromatic carbocycles. The van der Waals surface area contributed by atoms with E-state index in [0.29, 0.717) is 42.6 Å². The number of imide groups is 1. The van der Waals surface area contributed by atoms with Gasteiger partial charge < -0.3 is 14.2 Å². The molecule has 12 nitrogen and oxygen atoms in total. The zero-order valence-corrected chi connectivity index (χ0v) is 21.3. The van der Waals surface area contributed by atoms with Gasteiger partial charge in [0, 0.05) is 43.2 Å². The van der Waals surface area contributed by atoms with Crippen molar-refractivity contribution >= 4 is 34.7 Å². The number of ether oxygens (including phenoxy) is 3. The second kappa shape index (κ2) is 15.6. The van der Waals surface area contributed by atoms with Crippen LogP contribution in [0.4, 0.5) is 5.69 Å². The Labute approximate surface area is 214 Å². The molecule has 0 fully saturated rings. The molecule has 3 rings (SSSR count). The summed E-state index contributed by atoms with van der Waals surface area (Å²) in [5.74, 6) is -0.962. The predicted molar refractivity (Wildman–Crippen MR) is 134 cm³/mol. The number of carbonyl (C=O) groups is 3. The Morgan fingerprint density at radius 2 is 1.73 bits per heavy atom. The highest BCUT2D eigenvalue weighted by Gasteiger charge is 2.34. The van der Waals surface area contributed by atoms with E-state index >= 15 is 0 Å². The zero-order chi connectivity index (χ0) is 27.2. The molecule has 1 atom stereocenters. The molecule has 0 aromatic heterocycles.